The number of halogens is 2. The van der Waals surface area contributed by atoms with Crippen LogP contribution in [-0.4, -0.2) is 14.6 Å². The van der Waals surface area contributed by atoms with Crippen LogP contribution in [0.1, 0.15) is 22.3 Å². The second-order valence-corrected chi connectivity index (χ2v) is 10.00. The molecule has 3 rings (SSSR count). The van der Waals surface area contributed by atoms with Crippen LogP contribution in [0.2, 0.25) is 0 Å². The molecule has 0 heterocycles. The van der Waals surface area contributed by atoms with E-state index in [-0.39, 0.29) is 10.6 Å². The van der Waals surface area contributed by atoms with Gasteiger partial charge in [-0.05, 0) is 84.2 Å². The Morgan fingerprint density at radius 3 is 2.24 bits per heavy atom. The van der Waals surface area contributed by atoms with Gasteiger partial charge in [-0.15, -0.1) is 0 Å². The first-order chi connectivity index (χ1) is 13.7. The summed E-state index contributed by atoms with van der Waals surface area (Å²) >= 11 is 6.83. The van der Waals surface area contributed by atoms with Crippen LogP contribution in [0, 0.1) is 20.8 Å². The van der Waals surface area contributed by atoms with Crippen molar-refractivity contribution in [2.24, 2.45) is 4.99 Å². The summed E-state index contributed by atoms with van der Waals surface area (Å²) < 4.78 is 32.3. The molecule has 0 aliphatic rings. The summed E-state index contributed by atoms with van der Waals surface area (Å²) in [5.74, 6) is 0.182. The Morgan fingerprint density at radius 1 is 0.897 bits per heavy atom. The molecule has 0 bridgehead atoms. The average Bonchev–Trinajstić information content (AvgIpc) is 2.65. The maximum atomic E-state index is 12.8. The maximum Gasteiger partial charge on any atom is 0.339 e. The smallest absolute Gasteiger partial charge is 0.339 e. The summed E-state index contributed by atoms with van der Waals surface area (Å²) in [5.41, 5.74) is 4.59. The highest BCUT2D eigenvalue weighted by molar-refractivity contribution is 9.11. The summed E-state index contributed by atoms with van der Waals surface area (Å²) in [5, 5.41) is 0. The molecule has 3 aromatic carbocycles. The molecule has 0 amide bonds. The minimum Gasteiger partial charge on any atom is -0.377 e. The van der Waals surface area contributed by atoms with Crippen LogP contribution in [0.15, 0.2) is 73.4 Å². The quantitative estimate of drug-likeness (QED) is 0.271. The second-order valence-electron chi connectivity index (χ2n) is 6.68. The van der Waals surface area contributed by atoms with Crippen LogP contribution < -0.4 is 4.18 Å². The molecule has 150 valence electrons. The van der Waals surface area contributed by atoms with E-state index < -0.39 is 10.1 Å². The van der Waals surface area contributed by atoms with Gasteiger partial charge in [0.1, 0.15) is 4.90 Å². The molecule has 0 atom stereocenters. The van der Waals surface area contributed by atoms with Crippen LogP contribution in [0.3, 0.4) is 0 Å². The molecule has 0 unspecified atom stereocenters. The van der Waals surface area contributed by atoms with Crippen molar-refractivity contribution in [2.75, 3.05) is 0 Å². The van der Waals surface area contributed by atoms with Crippen molar-refractivity contribution in [2.45, 2.75) is 25.7 Å². The molecule has 0 saturated carbocycles. The maximum absolute atomic E-state index is 12.8. The van der Waals surface area contributed by atoms with Gasteiger partial charge in [0.2, 0.25) is 0 Å². The molecule has 4 nitrogen and oxygen atoms in total. The van der Waals surface area contributed by atoms with Crippen LogP contribution in [0.5, 0.6) is 5.75 Å². The predicted molar refractivity (Wildman–Crippen MR) is 124 cm³/mol. The first-order valence-corrected chi connectivity index (χ1v) is 11.8. The fraction of sp³-hybridized carbons (Fsp3) is 0.136. The van der Waals surface area contributed by atoms with Gasteiger partial charge in [-0.25, -0.2) is 0 Å². The van der Waals surface area contributed by atoms with Crippen LogP contribution >= 0.6 is 31.9 Å². The van der Waals surface area contributed by atoms with E-state index in [2.05, 4.69) is 36.9 Å². The largest absolute Gasteiger partial charge is 0.377 e. The molecular weight excluding hydrogens is 518 g/mol. The van der Waals surface area contributed by atoms with Gasteiger partial charge in [0.25, 0.3) is 0 Å². The molecule has 0 fully saturated rings. The Morgan fingerprint density at radius 2 is 1.59 bits per heavy atom. The molecule has 0 aliphatic carbocycles. The number of aryl methyl sites for hydroxylation is 3. The lowest BCUT2D eigenvalue weighted by Gasteiger charge is -2.12. The fourth-order valence-corrected chi connectivity index (χ4v) is 4.99. The Labute approximate surface area is 188 Å². The summed E-state index contributed by atoms with van der Waals surface area (Å²) in [7, 11) is -3.99. The minimum atomic E-state index is -3.99. The predicted octanol–water partition coefficient (Wildman–Crippen LogP) is 6.66. The SMILES string of the molecule is Cc1ccc(S(=O)(=O)Oc2c(Br)cc(Br)cc2C=Nc2ccc(C)c(C)c2)cc1. The monoisotopic (exact) mass is 535 g/mol. The van der Waals surface area contributed by atoms with Gasteiger partial charge in [0, 0.05) is 16.3 Å². The highest BCUT2D eigenvalue weighted by atomic mass is 79.9. The lowest BCUT2D eigenvalue weighted by Crippen LogP contribution is -2.11. The third-order valence-electron chi connectivity index (χ3n) is 4.38. The van der Waals surface area contributed by atoms with Gasteiger partial charge in [-0.3, -0.25) is 4.99 Å². The van der Waals surface area contributed by atoms with Crippen molar-refractivity contribution in [1.82, 2.24) is 0 Å². The van der Waals surface area contributed by atoms with Gasteiger partial charge in [0.15, 0.2) is 5.75 Å². The van der Waals surface area contributed by atoms with E-state index >= 15 is 0 Å². The van der Waals surface area contributed by atoms with E-state index in [0.717, 1.165) is 21.3 Å². The van der Waals surface area contributed by atoms with Crippen molar-refractivity contribution in [3.63, 3.8) is 0 Å². The summed E-state index contributed by atoms with van der Waals surface area (Å²) in [4.78, 5) is 4.59. The van der Waals surface area contributed by atoms with Gasteiger partial charge in [-0.1, -0.05) is 39.7 Å². The third kappa shape index (κ3) is 5.35. The van der Waals surface area contributed by atoms with Crippen molar-refractivity contribution >= 4 is 53.9 Å². The van der Waals surface area contributed by atoms with Crippen molar-refractivity contribution < 1.29 is 12.6 Å². The number of benzene rings is 3. The summed E-state index contributed by atoms with van der Waals surface area (Å²) in [6, 6.07) is 15.9. The van der Waals surface area contributed by atoms with Crippen LogP contribution in [0.4, 0.5) is 5.69 Å². The molecule has 0 N–H and O–H groups in total. The van der Waals surface area contributed by atoms with E-state index in [4.69, 9.17) is 4.18 Å². The standard InChI is InChI=1S/C22H19Br2NO3S/c1-14-4-8-20(9-5-14)29(26,27)28-22-17(11-18(23)12-21(22)24)13-25-19-7-6-15(2)16(3)10-19/h4-13H,1-3H3. The molecule has 0 aliphatic heterocycles. The number of hydrogen-bond donors (Lipinski definition) is 0. The molecule has 29 heavy (non-hydrogen) atoms. The van der Waals surface area contributed by atoms with Gasteiger partial charge in [-0.2, -0.15) is 8.42 Å². The molecule has 0 spiro atoms. The van der Waals surface area contributed by atoms with Gasteiger partial charge in [0.05, 0.1) is 10.2 Å². The Hall–Kier alpha value is -1.96. The van der Waals surface area contributed by atoms with E-state index in [1.165, 1.54) is 17.7 Å². The zero-order valence-corrected chi connectivity index (χ0v) is 20.1. The van der Waals surface area contributed by atoms with Crippen molar-refractivity contribution in [1.29, 1.82) is 0 Å². The van der Waals surface area contributed by atoms with E-state index in [1.807, 2.05) is 39.0 Å². The first-order valence-electron chi connectivity index (χ1n) is 8.77. The number of rotatable bonds is 5. The average molecular weight is 537 g/mol. The van der Waals surface area contributed by atoms with E-state index in [9.17, 15) is 8.42 Å². The molecule has 0 saturated heterocycles. The molecular formula is C22H19Br2NO3S. The zero-order chi connectivity index (χ0) is 21.2. The normalized spacial score (nSPS) is 11.8. The Kier molecular flexibility index (Phi) is 6.61. The van der Waals surface area contributed by atoms with Crippen molar-refractivity contribution in [3.8, 4) is 5.75 Å². The lowest BCUT2D eigenvalue weighted by molar-refractivity contribution is 0.484. The van der Waals surface area contributed by atoms with Gasteiger partial charge < -0.3 is 4.18 Å². The molecule has 3 aromatic rings. The first kappa shape index (κ1) is 21.7. The number of nitrogens with zero attached hydrogens (tertiary/aromatic N) is 1. The highest BCUT2D eigenvalue weighted by Crippen LogP contribution is 2.34. The zero-order valence-electron chi connectivity index (χ0n) is 16.1. The highest BCUT2D eigenvalue weighted by Gasteiger charge is 2.20. The van der Waals surface area contributed by atoms with Gasteiger partial charge >= 0.3 is 10.1 Å². The summed E-state index contributed by atoms with van der Waals surface area (Å²) in [6.45, 7) is 5.95. The number of aliphatic imine (C=N–C) groups is 1. The topological polar surface area (TPSA) is 55.7 Å². The molecule has 0 radical (unpaired) electrons. The van der Waals surface area contributed by atoms with Crippen LogP contribution in [0.25, 0.3) is 0 Å². The Bertz CT molecular complexity index is 1190. The summed E-state index contributed by atoms with van der Waals surface area (Å²) in [6.07, 6.45) is 1.60. The second kappa shape index (κ2) is 8.81. The molecule has 0 aromatic heterocycles. The minimum absolute atomic E-state index is 0.0926. The molecule has 7 heteroatoms. The third-order valence-corrected chi connectivity index (χ3v) is 6.67. The fourth-order valence-electron chi connectivity index (χ4n) is 2.58. The van der Waals surface area contributed by atoms with Crippen LogP contribution in [-0.2, 0) is 10.1 Å². The number of hydrogen-bond acceptors (Lipinski definition) is 4. The van der Waals surface area contributed by atoms with Crippen molar-refractivity contribution in [3.05, 3.63) is 85.8 Å². The van der Waals surface area contributed by atoms with E-state index in [0.29, 0.717) is 10.0 Å². The van der Waals surface area contributed by atoms with E-state index in [1.54, 1.807) is 30.5 Å². The Balaban J connectivity index is 1.99. The lowest BCUT2D eigenvalue weighted by atomic mass is 10.1.